The van der Waals surface area contributed by atoms with E-state index in [0.29, 0.717) is 11.9 Å². The molecule has 0 unspecified atom stereocenters. The minimum atomic E-state index is 0.134. The van der Waals surface area contributed by atoms with E-state index in [1.165, 1.54) is 24.4 Å². The number of aromatic nitrogens is 1. The van der Waals surface area contributed by atoms with Gasteiger partial charge in [0.25, 0.3) is 0 Å². The second kappa shape index (κ2) is 3.89. The van der Waals surface area contributed by atoms with Crippen LogP contribution in [0.5, 0.6) is 5.75 Å². The van der Waals surface area contributed by atoms with Crippen molar-refractivity contribution >= 4 is 22.4 Å². The van der Waals surface area contributed by atoms with Gasteiger partial charge in [0.15, 0.2) is 16.6 Å². The minimum absolute atomic E-state index is 0.134. The van der Waals surface area contributed by atoms with Crippen LogP contribution in [0.1, 0.15) is 26.7 Å². The quantitative estimate of drug-likeness (QED) is 0.856. The zero-order valence-electron chi connectivity index (χ0n) is 9.36. The van der Waals surface area contributed by atoms with Crippen LogP contribution in [-0.2, 0) is 0 Å². The van der Waals surface area contributed by atoms with Gasteiger partial charge in [0.05, 0.1) is 6.10 Å². The second-order valence-corrected chi connectivity index (χ2v) is 4.96. The van der Waals surface area contributed by atoms with Crippen LogP contribution in [0, 0.1) is 0 Å². The van der Waals surface area contributed by atoms with Crippen molar-refractivity contribution in [2.45, 2.75) is 38.8 Å². The second-order valence-electron chi connectivity index (χ2n) is 4.21. The van der Waals surface area contributed by atoms with Crippen molar-refractivity contribution in [2.75, 3.05) is 17.7 Å². The van der Waals surface area contributed by atoms with Crippen molar-refractivity contribution < 1.29 is 4.74 Å². The van der Waals surface area contributed by atoms with Gasteiger partial charge in [-0.2, -0.15) is 4.37 Å². The molecule has 0 radical (unpaired) electrons. The maximum Gasteiger partial charge on any atom is 0.198 e. The first kappa shape index (κ1) is 10.5. The summed E-state index contributed by atoms with van der Waals surface area (Å²) in [6.07, 6.45) is 2.65. The molecule has 1 aliphatic rings. The van der Waals surface area contributed by atoms with Gasteiger partial charge >= 0.3 is 0 Å². The molecule has 0 saturated heterocycles. The van der Waals surface area contributed by atoms with E-state index in [2.05, 4.69) is 16.3 Å². The Morgan fingerprint density at radius 3 is 2.73 bits per heavy atom. The van der Waals surface area contributed by atoms with Crippen molar-refractivity contribution in [3.8, 4) is 5.75 Å². The maximum absolute atomic E-state index is 5.80. The van der Waals surface area contributed by atoms with E-state index >= 15 is 0 Å². The highest BCUT2D eigenvalue weighted by molar-refractivity contribution is 7.11. The van der Waals surface area contributed by atoms with Crippen molar-refractivity contribution in [3.63, 3.8) is 0 Å². The van der Waals surface area contributed by atoms with Gasteiger partial charge in [-0.3, -0.25) is 0 Å². The predicted octanol–water partition coefficient (Wildman–Crippen LogP) is 2.11. The van der Waals surface area contributed by atoms with Crippen LogP contribution in [-0.4, -0.2) is 23.6 Å². The van der Waals surface area contributed by atoms with Crippen LogP contribution < -0.4 is 15.4 Å². The molecule has 15 heavy (non-hydrogen) atoms. The summed E-state index contributed by atoms with van der Waals surface area (Å²) in [4.78, 5) is 2.23. The first-order chi connectivity index (χ1) is 7.09. The smallest absolute Gasteiger partial charge is 0.198 e. The Kier molecular flexibility index (Phi) is 2.73. The SMILES string of the molecule is CC(C)Oc1c(N)nsc1N(C)C1CC1. The van der Waals surface area contributed by atoms with Crippen molar-refractivity contribution in [2.24, 2.45) is 0 Å². The number of nitrogens with two attached hydrogens (primary N) is 1. The summed E-state index contributed by atoms with van der Waals surface area (Å²) in [7, 11) is 2.08. The largest absolute Gasteiger partial charge is 0.484 e. The zero-order chi connectivity index (χ0) is 11.0. The molecule has 0 amide bonds. The minimum Gasteiger partial charge on any atom is -0.484 e. The van der Waals surface area contributed by atoms with Gasteiger partial charge in [0.2, 0.25) is 0 Å². The molecular weight excluding hydrogens is 210 g/mol. The molecule has 0 aliphatic heterocycles. The Bertz CT molecular complexity index is 346. The van der Waals surface area contributed by atoms with Gasteiger partial charge in [0.1, 0.15) is 0 Å². The molecule has 0 aromatic carbocycles. The number of nitrogen functional groups attached to an aromatic ring is 1. The summed E-state index contributed by atoms with van der Waals surface area (Å²) in [6, 6.07) is 0.652. The molecule has 4 nitrogen and oxygen atoms in total. The van der Waals surface area contributed by atoms with Crippen LogP contribution in [0.3, 0.4) is 0 Å². The lowest BCUT2D eigenvalue weighted by atomic mass is 10.4. The number of nitrogens with zero attached hydrogens (tertiary/aromatic N) is 2. The Morgan fingerprint density at radius 2 is 2.20 bits per heavy atom. The first-order valence-electron chi connectivity index (χ1n) is 5.24. The van der Waals surface area contributed by atoms with E-state index in [1.54, 1.807) is 0 Å². The maximum atomic E-state index is 5.80. The van der Waals surface area contributed by atoms with E-state index in [9.17, 15) is 0 Å². The molecule has 0 atom stereocenters. The van der Waals surface area contributed by atoms with Crippen LogP contribution in [0.25, 0.3) is 0 Å². The van der Waals surface area contributed by atoms with E-state index in [4.69, 9.17) is 10.5 Å². The fraction of sp³-hybridized carbons (Fsp3) is 0.700. The molecule has 1 heterocycles. The molecular formula is C10H17N3OS. The number of hydrogen-bond donors (Lipinski definition) is 1. The van der Waals surface area contributed by atoms with Crippen LogP contribution in [0.15, 0.2) is 0 Å². The molecule has 84 valence electrons. The monoisotopic (exact) mass is 227 g/mol. The average Bonchev–Trinajstić information content (AvgIpc) is 2.93. The van der Waals surface area contributed by atoms with Crippen molar-refractivity contribution in [1.29, 1.82) is 0 Å². The number of ether oxygens (including phenoxy) is 1. The lowest BCUT2D eigenvalue weighted by molar-refractivity contribution is 0.245. The van der Waals surface area contributed by atoms with Crippen LogP contribution in [0.2, 0.25) is 0 Å². The first-order valence-corrected chi connectivity index (χ1v) is 6.01. The summed E-state index contributed by atoms with van der Waals surface area (Å²) >= 11 is 1.42. The van der Waals surface area contributed by atoms with Gasteiger partial charge in [-0.15, -0.1) is 0 Å². The Labute approximate surface area is 94.2 Å². The highest BCUT2D eigenvalue weighted by Crippen LogP contribution is 2.42. The fourth-order valence-electron chi connectivity index (χ4n) is 1.48. The molecule has 1 fully saturated rings. The van der Waals surface area contributed by atoms with E-state index in [1.807, 2.05) is 13.8 Å². The molecule has 1 aromatic rings. The van der Waals surface area contributed by atoms with Crippen LogP contribution >= 0.6 is 11.5 Å². The molecule has 1 aromatic heterocycles. The third kappa shape index (κ3) is 2.17. The molecule has 0 bridgehead atoms. The van der Waals surface area contributed by atoms with Gasteiger partial charge in [0, 0.05) is 13.1 Å². The van der Waals surface area contributed by atoms with Gasteiger partial charge in [-0.05, 0) is 38.2 Å². The summed E-state index contributed by atoms with van der Waals surface area (Å²) < 4.78 is 9.85. The lowest BCUT2D eigenvalue weighted by Gasteiger charge is -2.18. The van der Waals surface area contributed by atoms with E-state index in [0.717, 1.165) is 10.8 Å². The number of anilines is 2. The van der Waals surface area contributed by atoms with E-state index < -0.39 is 0 Å². The highest BCUT2D eigenvalue weighted by atomic mass is 32.1. The molecule has 1 aliphatic carbocycles. The Hall–Kier alpha value is -0.970. The highest BCUT2D eigenvalue weighted by Gasteiger charge is 2.30. The fourth-order valence-corrected chi connectivity index (χ4v) is 2.26. The molecule has 0 spiro atoms. The lowest BCUT2D eigenvalue weighted by Crippen LogP contribution is -2.19. The summed E-state index contributed by atoms with van der Waals surface area (Å²) in [5.74, 6) is 1.26. The van der Waals surface area contributed by atoms with Gasteiger partial charge < -0.3 is 15.4 Å². The average molecular weight is 227 g/mol. The summed E-state index contributed by atoms with van der Waals surface area (Å²) in [6.45, 7) is 4.00. The summed E-state index contributed by atoms with van der Waals surface area (Å²) in [5.41, 5.74) is 5.80. The van der Waals surface area contributed by atoms with Gasteiger partial charge in [-0.1, -0.05) is 0 Å². The third-order valence-electron chi connectivity index (χ3n) is 2.43. The normalized spacial score (nSPS) is 15.7. The molecule has 2 N–H and O–H groups in total. The number of hydrogen-bond acceptors (Lipinski definition) is 5. The molecule has 1 saturated carbocycles. The topological polar surface area (TPSA) is 51.4 Å². The van der Waals surface area contributed by atoms with Gasteiger partial charge in [-0.25, -0.2) is 0 Å². The van der Waals surface area contributed by atoms with E-state index in [-0.39, 0.29) is 6.10 Å². The third-order valence-corrected chi connectivity index (χ3v) is 3.36. The van der Waals surface area contributed by atoms with Crippen LogP contribution in [0.4, 0.5) is 10.8 Å². The molecule has 5 heteroatoms. The zero-order valence-corrected chi connectivity index (χ0v) is 10.2. The Balaban J connectivity index is 2.21. The molecule has 2 rings (SSSR count). The standard InChI is InChI=1S/C10H17N3OS/c1-6(2)14-8-9(11)12-15-10(8)13(3)7-4-5-7/h6-7H,4-5H2,1-3H3,(H2,11,12). The van der Waals surface area contributed by atoms with Crippen molar-refractivity contribution in [3.05, 3.63) is 0 Å². The van der Waals surface area contributed by atoms with Crippen molar-refractivity contribution in [1.82, 2.24) is 4.37 Å². The Morgan fingerprint density at radius 1 is 1.53 bits per heavy atom. The summed E-state index contributed by atoms with van der Waals surface area (Å²) in [5, 5.41) is 1.06. The predicted molar refractivity (Wildman–Crippen MR) is 63.7 cm³/mol. The number of rotatable bonds is 4.